The summed E-state index contributed by atoms with van der Waals surface area (Å²) in [6.07, 6.45) is 2.39. The number of hydrogen-bond acceptors (Lipinski definition) is 1. The van der Waals surface area contributed by atoms with Crippen molar-refractivity contribution in [1.82, 2.24) is 0 Å². The third-order valence-electron chi connectivity index (χ3n) is 3.13. The summed E-state index contributed by atoms with van der Waals surface area (Å²) < 4.78 is 19.2. The van der Waals surface area contributed by atoms with Gasteiger partial charge in [-0.15, -0.1) is 0 Å². The number of benzene rings is 1. The first kappa shape index (κ1) is 9.10. The Balaban J connectivity index is 2.12. The van der Waals surface area contributed by atoms with Gasteiger partial charge in [-0.3, -0.25) is 0 Å². The molecular weight excluding hydrogens is 191 g/mol. The Bertz CT molecular complexity index is 432. The molecule has 78 valence electrons. The van der Waals surface area contributed by atoms with Gasteiger partial charge in [0.15, 0.2) is 0 Å². The van der Waals surface area contributed by atoms with E-state index >= 15 is 0 Å². The van der Waals surface area contributed by atoms with Crippen LogP contribution in [0.2, 0.25) is 0 Å². The summed E-state index contributed by atoms with van der Waals surface area (Å²) in [6.45, 7) is 4.81. The summed E-state index contributed by atoms with van der Waals surface area (Å²) in [6, 6.07) is 3.76. The molecular formula is C13H13FO. The third-order valence-corrected chi connectivity index (χ3v) is 3.13. The molecule has 0 atom stereocenters. The summed E-state index contributed by atoms with van der Waals surface area (Å²) in [4.78, 5) is 0. The van der Waals surface area contributed by atoms with Gasteiger partial charge < -0.3 is 4.74 Å². The molecule has 3 rings (SSSR count). The van der Waals surface area contributed by atoms with E-state index in [2.05, 4.69) is 12.6 Å². The maximum Gasteiger partial charge on any atom is 0.131 e. The fourth-order valence-electron chi connectivity index (χ4n) is 2.21. The summed E-state index contributed by atoms with van der Waals surface area (Å²) in [7, 11) is 0. The largest absolute Gasteiger partial charge is 0.372 e. The molecule has 2 aliphatic rings. The van der Waals surface area contributed by atoms with Crippen molar-refractivity contribution in [3.05, 3.63) is 41.2 Å². The zero-order chi connectivity index (χ0) is 10.4. The average Bonchev–Trinajstić information content (AvgIpc) is 3.00. The molecule has 1 aliphatic heterocycles. The first-order valence-corrected chi connectivity index (χ1v) is 5.34. The van der Waals surface area contributed by atoms with E-state index in [0.717, 1.165) is 16.7 Å². The topological polar surface area (TPSA) is 9.23 Å². The van der Waals surface area contributed by atoms with E-state index in [0.29, 0.717) is 24.7 Å². The lowest BCUT2D eigenvalue weighted by atomic mass is 9.95. The molecule has 1 aromatic rings. The molecule has 0 spiro atoms. The molecule has 2 heteroatoms. The number of fused-ring (bicyclic) bond motifs is 1. The minimum atomic E-state index is -0.122. The zero-order valence-electron chi connectivity index (χ0n) is 8.55. The van der Waals surface area contributed by atoms with Crippen LogP contribution in [-0.4, -0.2) is 6.61 Å². The minimum Gasteiger partial charge on any atom is -0.372 e. The second-order valence-electron chi connectivity index (χ2n) is 4.41. The van der Waals surface area contributed by atoms with Crippen LogP contribution in [0.15, 0.2) is 18.7 Å². The van der Waals surface area contributed by atoms with E-state index < -0.39 is 0 Å². The van der Waals surface area contributed by atoms with Crippen molar-refractivity contribution in [3.63, 3.8) is 0 Å². The molecule has 0 radical (unpaired) electrons. The molecule has 0 saturated heterocycles. The van der Waals surface area contributed by atoms with Crippen LogP contribution in [0, 0.1) is 5.82 Å². The van der Waals surface area contributed by atoms with Crippen molar-refractivity contribution < 1.29 is 9.13 Å². The van der Waals surface area contributed by atoms with E-state index in [-0.39, 0.29) is 5.82 Å². The third kappa shape index (κ3) is 1.49. The molecule has 1 aliphatic carbocycles. The van der Waals surface area contributed by atoms with Crippen LogP contribution >= 0.6 is 0 Å². The first-order chi connectivity index (χ1) is 7.25. The maximum atomic E-state index is 13.9. The summed E-state index contributed by atoms with van der Waals surface area (Å²) in [5.74, 6) is 0.461. The van der Waals surface area contributed by atoms with E-state index in [4.69, 9.17) is 4.74 Å². The van der Waals surface area contributed by atoms with Crippen molar-refractivity contribution in [2.24, 2.45) is 0 Å². The van der Waals surface area contributed by atoms with Crippen molar-refractivity contribution in [2.75, 3.05) is 6.61 Å². The van der Waals surface area contributed by atoms with Crippen molar-refractivity contribution in [2.45, 2.75) is 25.4 Å². The second kappa shape index (κ2) is 3.17. The van der Waals surface area contributed by atoms with Crippen LogP contribution in [-0.2, 0) is 11.3 Å². The highest BCUT2D eigenvalue weighted by atomic mass is 19.1. The molecule has 0 unspecified atom stereocenters. The van der Waals surface area contributed by atoms with Gasteiger partial charge in [0.1, 0.15) is 5.82 Å². The molecule has 1 aromatic carbocycles. The molecule has 1 saturated carbocycles. The molecule has 1 nitrogen and oxygen atoms in total. The van der Waals surface area contributed by atoms with E-state index in [1.165, 1.54) is 12.8 Å². The number of ether oxygens (including phenoxy) is 1. The molecule has 0 N–H and O–H groups in total. The molecule has 0 bridgehead atoms. The van der Waals surface area contributed by atoms with Crippen LogP contribution in [0.3, 0.4) is 0 Å². The van der Waals surface area contributed by atoms with E-state index in [9.17, 15) is 4.39 Å². The van der Waals surface area contributed by atoms with Gasteiger partial charge in [-0.25, -0.2) is 4.39 Å². The normalized spacial score (nSPS) is 20.2. The van der Waals surface area contributed by atoms with Crippen LogP contribution in [0.25, 0.3) is 5.57 Å². The Morgan fingerprint density at radius 2 is 2.07 bits per heavy atom. The Labute approximate surface area is 88.6 Å². The highest BCUT2D eigenvalue weighted by molar-refractivity contribution is 5.69. The van der Waals surface area contributed by atoms with Gasteiger partial charge in [0.05, 0.1) is 13.2 Å². The number of halogens is 1. The van der Waals surface area contributed by atoms with Gasteiger partial charge in [-0.2, -0.15) is 0 Å². The van der Waals surface area contributed by atoms with Crippen molar-refractivity contribution in [3.8, 4) is 0 Å². The summed E-state index contributed by atoms with van der Waals surface area (Å²) in [5.41, 5.74) is 3.54. The predicted octanol–water partition coefficient (Wildman–Crippen LogP) is 3.25. The molecule has 1 heterocycles. The predicted molar refractivity (Wildman–Crippen MR) is 57.1 cm³/mol. The Hall–Kier alpha value is -1.15. The Morgan fingerprint density at radius 1 is 1.27 bits per heavy atom. The average molecular weight is 204 g/mol. The highest BCUT2D eigenvalue weighted by Crippen LogP contribution is 2.42. The number of hydrogen-bond donors (Lipinski definition) is 0. The Kier molecular flexibility index (Phi) is 1.93. The standard InChI is InChI=1S/C13H13FO/c1-8-6-15-7-11-4-10(9-2-3-9)5-12(14)13(8)11/h4-5,9H,1-3,6-7H2. The van der Waals surface area contributed by atoms with Crippen LogP contribution < -0.4 is 0 Å². The quantitative estimate of drug-likeness (QED) is 0.682. The lowest BCUT2D eigenvalue weighted by Crippen LogP contribution is -2.11. The maximum absolute atomic E-state index is 13.9. The number of rotatable bonds is 1. The highest BCUT2D eigenvalue weighted by Gasteiger charge is 2.27. The molecule has 0 aromatic heterocycles. The summed E-state index contributed by atoms with van der Waals surface area (Å²) >= 11 is 0. The van der Waals surface area contributed by atoms with Crippen LogP contribution in [0.4, 0.5) is 4.39 Å². The summed E-state index contributed by atoms with van der Waals surface area (Å²) in [5, 5.41) is 0. The van der Waals surface area contributed by atoms with Gasteiger partial charge in [0.2, 0.25) is 0 Å². The zero-order valence-corrected chi connectivity index (χ0v) is 8.55. The van der Waals surface area contributed by atoms with Gasteiger partial charge in [0, 0.05) is 5.56 Å². The minimum absolute atomic E-state index is 0.122. The van der Waals surface area contributed by atoms with Crippen LogP contribution in [0.1, 0.15) is 35.4 Å². The SMILES string of the molecule is C=C1COCc2cc(C3CC3)cc(F)c21. The molecule has 0 amide bonds. The van der Waals surface area contributed by atoms with Gasteiger partial charge in [-0.1, -0.05) is 12.6 Å². The Morgan fingerprint density at radius 3 is 2.80 bits per heavy atom. The fraction of sp³-hybridized carbons (Fsp3) is 0.385. The lowest BCUT2D eigenvalue weighted by Gasteiger charge is -2.20. The van der Waals surface area contributed by atoms with E-state index in [1.807, 2.05) is 0 Å². The second-order valence-corrected chi connectivity index (χ2v) is 4.41. The fourth-order valence-corrected chi connectivity index (χ4v) is 2.21. The van der Waals surface area contributed by atoms with Crippen molar-refractivity contribution >= 4 is 5.57 Å². The van der Waals surface area contributed by atoms with Gasteiger partial charge >= 0.3 is 0 Å². The smallest absolute Gasteiger partial charge is 0.131 e. The van der Waals surface area contributed by atoms with Gasteiger partial charge in [0.25, 0.3) is 0 Å². The molecule has 1 fully saturated rings. The van der Waals surface area contributed by atoms with Gasteiger partial charge in [-0.05, 0) is 41.5 Å². The monoisotopic (exact) mass is 204 g/mol. The van der Waals surface area contributed by atoms with E-state index in [1.54, 1.807) is 6.07 Å². The first-order valence-electron chi connectivity index (χ1n) is 5.34. The van der Waals surface area contributed by atoms with Crippen LogP contribution in [0.5, 0.6) is 0 Å². The molecule has 15 heavy (non-hydrogen) atoms. The lowest BCUT2D eigenvalue weighted by molar-refractivity contribution is 0.145. The van der Waals surface area contributed by atoms with Crippen molar-refractivity contribution in [1.29, 1.82) is 0 Å².